The average molecular weight is 325 g/mol. The van der Waals surface area contributed by atoms with Gasteiger partial charge in [-0.25, -0.2) is 4.68 Å². The molecule has 2 heterocycles. The summed E-state index contributed by atoms with van der Waals surface area (Å²) in [6, 6.07) is 6.99. The lowest BCUT2D eigenvalue weighted by Crippen LogP contribution is -2.34. The zero-order valence-electron chi connectivity index (χ0n) is 11.7. The van der Waals surface area contributed by atoms with Crippen molar-refractivity contribution in [3.8, 4) is 5.69 Å². The van der Waals surface area contributed by atoms with Crippen LogP contribution in [0.4, 0.5) is 0 Å². The fourth-order valence-corrected chi connectivity index (χ4v) is 2.30. The van der Waals surface area contributed by atoms with E-state index in [1.807, 2.05) is 0 Å². The predicted molar refractivity (Wildman–Crippen MR) is 81.1 cm³/mol. The molecule has 0 aliphatic carbocycles. The summed E-state index contributed by atoms with van der Waals surface area (Å²) in [5.41, 5.74) is 1.35. The zero-order valence-corrected chi connectivity index (χ0v) is 12.5. The highest BCUT2D eigenvalue weighted by Gasteiger charge is 2.25. The summed E-state index contributed by atoms with van der Waals surface area (Å²) in [5, 5.41) is 26.5. The highest BCUT2D eigenvalue weighted by Crippen LogP contribution is 2.10. The van der Waals surface area contributed by atoms with Crippen molar-refractivity contribution in [2.45, 2.75) is 6.10 Å². The van der Waals surface area contributed by atoms with Crippen LogP contribution in [0.5, 0.6) is 0 Å². The first kappa shape index (κ1) is 16.3. The molecule has 3 N–H and O–H groups in total. The van der Waals surface area contributed by atoms with Gasteiger partial charge in [0, 0.05) is 31.1 Å². The molecule has 1 aliphatic heterocycles. The van der Waals surface area contributed by atoms with Gasteiger partial charge in [0.15, 0.2) is 0 Å². The van der Waals surface area contributed by atoms with Gasteiger partial charge in [-0.3, -0.25) is 4.79 Å². The van der Waals surface area contributed by atoms with E-state index in [0.717, 1.165) is 12.2 Å². The largest absolute Gasteiger partial charge is 0.391 e. The fraction of sp³-hybridized carbons (Fsp3) is 0.385. The van der Waals surface area contributed by atoms with E-state index >= 15 is 0 Å². The standard InChI is InChI=1S/C13H16N6O2.ClH/c20-12-7-14-5-10(12)6-15-13(21)9-1-3-11(4-2-9)19-8-16-17-18-19;/h1-4,8,10,12,14,20H,5-7H2,(H,15,21);1H. The minimum absolute atomic E-state index is 0. The number of halogens is 1. The molecule has 118 valence electrons. The molecule has 2 aromatic rings. The third kappa shape index (κ3) is 3.59. The van der Waals surface area contributed by atoms with Crippen LogP contribution in [0.1, 0.15) is 10.4 Å². The number of hydrogen-bond donors (Lipinski definition) is 3. The molecule has 1 aromatic heterocycles. The molecule has 1 aromatic carbocycles. The van der Waals surface area contributed by atoms with Gasteiger partial charge < -0.3 is 15.7 Å². The number of rotatable bonds is 4. The van der Waals surface area contributed by atoms with Crippen molar-refractivity contribution >= 4 is 18.3 Å². The Hall–Kier alpha value is -2.03. The summed E-state index contributed by atoms with van der Waals surface area (Å²) in [6.07, 6.45) is 1.09. The predicted octanol–water partition coefficient (Wildman–Crippen LogP) is -0.606. The molecule has 1 fully saturated rings. The van der Waals surface area contributed by atoms with E-state index in [2.05, 4.69) is 26.2 Å². The van der Waals surface area contributed by atoms with Gasteiger partial charge in [-0.1, -0.05) is 0 Å². The van der Waals surface area contributed by atoms with Gasteiger partial charge in [-0.15, -0.1) is 17.5 Å². The first-order valence-electron chi connectivity index (χ1n) is 6.74. The van der Waals surface area contributed by atoms with Crippen LogP contribution in [0.3, 0.4) is 0 Å². The molecule has 2 atom stereocenters. The van der Waals surface area contributed by atoms with Crippen molar-refractivity contribution < 1.29 is 9.90 Å². The van der Waals surface area contributed by atoms with Crippen molar-refractivity contribution in [2.75, 3.05) is 19.6 Å². The smallest absolute Gasteiger partial charge is 0.251 e. The molecule has 22 heavy (non-hydrogen) atoms. The second-order valence-electron chi connectivity index (χ2n) is 5.00. The van der Waals surface area contributed by atoms with E-state index in [1.54, 1.807) is 24.3 Å². The Morgan fingerprint density at radius 2 is 2.14 bits per heavy atom. The highest BCUT2D eigenvalue weighted by atomic mass is 35.5. The minimum atomic E-state index is -0.396. The van der Waals surface area contributed by atoms with Crippen LogP contribution >= 0.6 is 12.4 Å². The minimum Gasteiger partial charge on any atom is -0.391 e. The first-order valence-corrected chi connectivity index (χ1v) is 6.74. The maximum Gasteiger partial charge on any atom is 0.251 e. The normalized spacial score (nSPS) is 20.4. The Morgan fingerprint density at radius 3 is 2.73 bits per heavy atom. The van der Waals surface area contributed by atoms with E-state index in [-0.39, 0.29) is 24.2 Å². The van der Waals surface area contributed by atoms with Gasteiger partial charge >= 0.3 is 0 Å². The topological polar surface area (TPSA) is 105 Å². The number of aliphatic hydroxyl groups excluding tert-OH is 1. The van der Waals surface area contributed by atoms with Crippen molar-refractivity contribution in [3.63, 3.8) is 0 Å². The number of β-amino-alcohol motifs (C(OH)–C–C–N with tert-alkyl or cyclic N) is 1. The van der Waals surface area contributed by atoms with Crippen LogP contribution in [-0.2, 0) is 0 Å². The summed E-state index contributed by atoms with van der Waals surface area (Å²) in [7, 11) is 0. The van der Waals surface area contributed by atoms with Crippen LogP contribution in [-0.4, -0.2) is 57.0 Å². The molecular weight excluding hydrogens is 308 g/mol. The van der Waals surface area contributed by atoms with Crippen LogP contribution < -0.4 is 10.6 Å². The van der Waals surface area contributed by atoms with E-state index in [9.17, 15) is 9.90 Å². The van der Waals surface area contributed by atoms with Crippen molar-refractivity contribution in [1.29, 1.82) is 0 Å². The monoisotopic (exact) mass is 324 g/mol. The molecule has 0 saturated carbocycles. The van der Waals surface area contributed by atoms with Crippen molar-refractivity contribution in [1.82, 2.24) is 30.8 Å². The van der Waals surface area contributed by atoms with Crippen LogP contribution in [0.25, 0.3) is 5.69 Å². The Kier molecular flexibility index (Phi) is 5.42. The lowest BCUT2D eigenvalue weighted by Gasteiger charge is -2.14. The SMILES string of the molecule is Cl.O=C(NCC1CNCC1O)c1ccc(-n2cnnn2)cc1. The Labute approximate surface area is 133 Å². The number of nitrogens with zero attached hydrogens (tertiary/aromatic N) is 4. The second-order valence-corrected chi connectivity index (χ2v) is 5.00. The zero-order chi connectivity index (χ0) is 14.7. The molecule has 8 nitrogen and oxygen atoms in total. The molecule has 0 spiro atoms. The van der Waals surface area contributed by atoms with Gasteiger partial charge in [0.2, 0.25) is 0 Å². The van der Waals surface area contributed by atoms with Gasteiger partial charge in [0.25, 0.3) is 5.91 Å². The van der Waals surface area contributed by atoms with E-state index in [0.29, 0.717) is 18.7 Å². The Bertz CT molecular complexity index is 604. The number of amides is 1. The van der Waals surface area contributed by atoms with Gasteiger partial charge in [-0.05, 0) is 34.7 Å². The summed E-state index contributed by atoms with van der Waals surface area (Å²) in [6.45, 7) is 1.77. The maximum absolute atomic E-state index is 12.0. The molecule has 1 amide bonds. The Morgan fingerprint density at radius 1 is 1.36 bits per heavy atom. The van der Waals surface area contributed by atoms with Gasteiger partial charge in [0.1, 0.15) is 6.33 Å². The number of tetrazole rings is 1. The summed E-state index contributed by atoms with van der Waals surface area (Å²) in [5.74, 6) is -0.0909. The molecule has 2 unspecified atom stereocenters. The van der Waals surface area contributed by atoms with E-state index in [1.165, 1.54) is 11.0 Å². The lowest BCUT2D eigenvalue weighted by atomic mass is 10.1. The molecular formula is C13H17ClN6O2. The third-order valence-electron chi connectivity index (χ3n) is 3.57. The summed E-state index contributed by atoms with van der Waals surface area (Å²) < 4.78 is 1.52. The number of carbonyl (C=O) groups excluding carboxylic acids is 1. The first-order chi connectivity index (χ1) is 10.2. The average Bonchev–Trinajstić information content (AvgIpc) is 3.17. The Balaban J connectivity index is 0.00000176. The quantitative estimate of drug-likeness (QED) is 0.693. The molecule has 9 heteroatoms. The number of nitrogens with one attached hydrogen (secondary N) is 2. The van der Waals surface area contributed by atoms with Gasteiger partial charge in [0.05, 0.1) is 11.8 Å². The maximum atomic E-state index is 12.0. The van der Waals surface area contributed by atoms with Gasteiger partial charge in [-0.2, -0.15) is 0 Å². The molecule has 0 radical (unpaired) electrons. The summed E-state index contributed by atoms with van der Waals surface area (Å²) >= 11 is 0. The second kappa shape index (κ2) is 7.30. The fourth-order valence-electron chi connectivity index (χ4n) is 2.30. The van der Waals surface area contributed by atoms with E-state index in [4.69, 9.17) is 0 Å². The van der Waals surface area contributed by atoms with Crippen LogP contribution in [0.2, 0.25) is 0 Å². The number of aliphatic hydroxyl groups is 1. The number of carbonyl (C=O) groups is 1. The number of aromatic nitrogens is 4. The van der Waals surface area contributed by atoms with Crippen LogP contribution in [0, 0.1) is 5.92 Å². The van der Waals surface area contributed by atoms with E-state index < -0.39 is 6.10 Å². The molecule has 3 rings (SSSR count). The lowest BCUT2D eigenvalue weighted by molar-refractivity contribution is 0.0927. The number of hydrogen-bond acceptors (Lipinski definition) is 6. The van der Waals surface area contributed by atoms with Crippen molar-refractivity contribution in [2.24, 2.45) is 5.92 Å². The number of benzene rings is 1. The van der Waals surface area contributed by atoms with Crippen molar-refractivity contribution in [3.05, 3.63) is 36.2 Å². The molecule has 1 saturated heterocycles. The molecule has 1 aliphatic rings. The highest BCUT2D eigenvalue weighted by molar-refractivity contribution is 5.94. The third-order valence-corrected chi connectivity index (χ3v) is 3.57. The van der Waals surface area contributed by atoms with Crippen LogP contribution in [0.15, 0.2) is 30.6 Å². The molecule has 0 bridgehead atoms. The summed E-state index contributed by atoms with van der Waals surface area (Å²) in [4.78, 5) is 12.0.